The van der Waals surface area contributed by atoms with E-state index in [-0.39, 0.29) is 28.9 Å². The van der Waals surface area contributed by atoms with E-state index >= 15 is 0 Å². The molecule has 2 aliphatic heterocycles. The lowest BCUT2D eigenvalue weighted by atomic mass is 9.93. The normalized spacial score (nSPS) is 21.8. The number of nitrogens with zero attached hydrogens (tertiary/aromatic N) is 2. The minimum Gasteiger partial charge on any atom is -0.507 e. The number of benzene rings is 2. The van der Waals surface area contributed by atoms with Crippen LogP contribution in [0.2, 0.25) is 0 Å². The summed E-state index contributed by atoms with van der Waals surface area (Å²) < 4.78 is 38.0. The lowest BCUT2D eigenvalue weighted by molar-refractivity contribution is 0.0677. The maximum atomic E-state index is 13.7. The first-order valence-corrected chi connectivity index (χ1v) is 12.2. The van der Waals surface area contributed by atoms with Crippen LogP contribution in [0.1, 0.15) is 45.2 Å². The average Bonchev–Trinajstić information content (AvgIpc) is 3.39. The molecule has 0 saturated carbocycles. The Bertz CT molecular complexity index is 1350. The van der Waals surface area contributed by atoms with Crippen molar-refractivity contribution in [2.75, 3.05) is 11.5 Å². The summed E-state index contributed by atoms with van der Waals surface area (Å²) in [5.41, 5.74) is 4.24. The van der Waals surface area contributed by atoms with E-state index in [0.717, 1.165) is 11.1 Å². The van der Waals surface area contributed by atoms with Crippen LogP contribution >= 0.6 is 0 Å². The summed E-state index contributed by atoms with van der Waals surface area (Å²) in [6, 6.07) is 8.14. The fraction of sp³-hybridized carbons (Fsp3) is 0.304. The molecule has 0 radical (unpaired) electrons. The Hall–Kier alpha value is -3.20. The van der Waals surface area contributed by atoms with Gasteiger partial charge in [-0.15, -0.1) is 0 Å². The highest BCUT2D eigenvalue weighted by atomic mass is 32.2. The largest absolute Gasteiger partial charge is 0.507 e. The highest BCUT2D eigenvalue weighted by molar-refractivity contribution is 7.91. The fourth-order valence-electron chi connectivity index (χ4n) is 4.71. The SMILES string of the molecule is Cc1cc(O)c(-c2n[nH]c3c2C(c2ccc(F)cc2)N(C2CCS(=O)(=O)C2)C3=O)cc1C. The second-order valence-corrected chi connectivity index (χ2v) is 10.8. The summed E-state index contributed by atoms with van der Waals surface area (Å²) in [4.78, 5) is 15.0. The Balaban J connectivity index is 1.70. The number of nitrogens with one attached hydrogen (secondary N) is 1. The molecule has 1 amide bonds. The monoisotopic (exact) mass is 455 g/mol. The second-order valence-electron chi connectivity index (χ2n) is 8.54. The summed E-state index contributed by atoms with van der Waals surface area (Å²) in [5, 5.41) is 17.8. The number of halogens is 1. The van der Waals surface area contributed by atoms with Crippen molar-refractivity contribution in [1.82, 2.24) is 15.1 Å². The van der Waals surface area contributed by atoms with Gasteiger partial charge in [-0.25, -0.2) is 12.8 Å². The van der Waals surface area contributed by atoms with Gasteiger partial charge in [0.1, 0.15) is 23.0 Å². The van der Waals surface area contributed by atoms with E-state index in [1.807, 2.05) is 19.9 Å². The van der Waals surface area contributed by atoms with Gasteiger partial charge >= 0.3 is 0 Å². The van der Waals surface area contributed by atoms with Crippen molar-refractivity contribution in [3.05, 3.63) is 70.2 Å². The van der Waals surface area contributed by atoms with Crippen LogP contribution in [0.4, 0.5) is 4.39 Å². The molecule has 0 spiro atoms. The minimum absolute atomic E-state index is 0.0224. The van der Waals surface area contributed by atoms with Crippen molar-refractivity contribution in [3.8, 4) is 17.0 Å². The quantitative estimate of drug-likeness (QED) is 0.631. The highest BCUT2D eigenvalue weighted by Gasteiger charge is 2.48. The number of rotatable bonds is 3. The number of sulfone groups is 1. The predicted octanol–water partition coefficient (Wildman–Crippen LogP) is 3.27. The van der Waals surface area contributed by atoms with Crippen LogP contribution in [0.3, 0.4) is 0 Å². The number of aromatic nitrogens is 2. The van der Waals surface area contributed by atoms with Gasteiger partial charge in [-0.2, -0.15) is 5.10 Å². The van der Waals surface area contributed by atoms with Crippen LogP contribution in [0.25, 0.3) is 11.3 Å². The summed E-state index contributed by atoms with van der Waals surface area (Å²) in [7, 11) is -3.24. The van der Waals surface area contributed by atoms with Gasteiger partial charge in [0.15, 0.2) is 9.84 Å². The summed E-state index contributed by atoms with van der Waals surface area (Å²) >= 11 is 0. The highest BCUT2D eigenvalue weighted by Crippen LogP contribution is 2.46. The van der Waals surface area contributed by atoms with Gasteiger partial charge in [-0.05, 0) is 61.2 Å². The lowest BCUT2D eigenvalue weighted by Gasteiger charge is -2.31. The number of aryl methyl sites for hydroxylation is 2. The zero-order valence-corrected chi connectivity index (χ0v) is 18.4. The molecule has 2 unspecified atom stereocenters. The van der Waals surface area contributed by atoms with Gasteiger partial charge < -0.3 is 10.0 Å². The number of aromatic amines is 1. The van der Waals surface area contributed by atoms with E-state index in [0.29, 0.717) is 28.8 Å². The minimum atomic E-state index is -3.24. The summed E-state index contributed by atoms with van der Waals surface area (Å²) in [6.07, 6.45) is 0.341. The molecular weight excluding hydrogens is 433 g/mol. The maximum absolute atomic E-state index is 13.7. The molecule has 0 bridgehead atoms. The molecule has 3 heterocycles. The van der Waals surface area contributed by atoms with Crippen molar-refractivity contribution in [1.29, 1.82) is 0 Å². The van der Waals surface area contributed by atoms with E-state index in [4.69, 9.17) is 0 Å². The van der Waals surface area contributed by atoms with E-state index in [2.05, 4.69) is 10.2 Å². The van der Waals surface area contributed by atoms with E-state index in [1.54, 1.807) is 23.1 Å². The zero-order valence-electron chi connectivity index (χ0n) is 17.6. The van der Waals surface area contributed by atoms with Crippen LogP contribution in [0.5, 0.6) is 5.75 Å². The van der Waals surface area contributed by atoms with E-state index < -0.39 is 27.7 Å². The lowest BCUT2D eigenvalue weighted by Crippen LogP contribution is -2.40. The van der Waals surface area contributed by atoms with Crippen LogP contribution < -0.4 is 0 Å². The summed E-state index contributed by atoms with van der Waals surface area (Å²) in [6.45, 7) is 3.81. The molecule has 32 heavy (non-hydrogen) atoms. The molecule has 1 saturated heterocycles. The van der Waals surface area contributed by atoms with E-state index in [9.17, 15) is 22.7 Å². The molecule has 5 rings (SSSR count). The molecule has 166 valence electrons. The van der Waals surface area contributed by atoms with Crippen LogP contribution in [-0.4, -0.2) is 52.1 Å². The van der Waals surface area contributed by atoms with Crippen molar-refractivity contribution in [2.45, 2.75) is 32.4 Å². The van der Waals surface area contributed by atoms with E-state index in [1.165, 1.54) is 12.1 Å². The Morgan fingerprint density at radius 1 is 1.16 bits per heavy atom. The number of carbonyl (C=O) groups excluding carboxylic acids is 1. The smallest absolute Gasteiger partial charge is 0.273 e. The number of amides is 1. The fourth-order valence-corrected chi connectivity index (χ4v) is 6.42. The molecule has 2 atom stereocenters. The standard InChI is InChI=1S/C23H22FN3O4S/c1-12-9-17(18(28)10-13(12)2)20-19-21(26-25-20)23(29)27(16-7-8-32(30,31)11-16)22(19)14-3-5-15(24)6-4-14/h3-6,9-10,16,22,28H,7-8,11H2,1-2H3,(H,25,26). The molecule has 9 heteroatoms. The van der Waals surface area contributed by atoms with Gasteiger partial charge in [0.2, 0.25) is 0 Å². The molecule has 0 aliphatic carbocycles. The van der Waals surface area contributed by atoms with Gasteiger partial charge in [0.25, 0.3) is 5.91 Å². The first-order chi connectivity index (χ1) is 15.2. The summed E-state index contributed by atoms with van der Waals surface area (Å²) in [5.74, 6) is -0.812. The van der Waals surface area contributed by atoms with Gasteiger partial charge in [-0.1, -0.05) is 12.1 Å². The molecule has 1 aromatic heterocycles. The first kappa shape index (κ1) is 20.7. The van der Waals surface area contributed by atoms with Crippen LogP contribution in [0.15, 0.2) is 36.4 Å². The third kappa shape index (κ3) is 3.19. The average molecular weight is 456 g/mol. The number of phenolic OH excluding ortho intramolecular Hbond substituents is 1. The third-order valence-corrected chi connectivity index (χ3v) is 8.21. The third-order valence-electron chi connectivity index (χ3n) is 6.46. The van der Waals surface area contributed by atoms with Crippen molar-refractivity contribution < 1.29 is 22.7 Å². The van der Waals surface area contributed by atoms with Gasteiger partial charge in [0, 0.05) is 17.2 Å². The van der Waals surface area contributed by atoms with Gasteiger partial charge in [0.05, 0.1) is 17.5 Å². The Morgan fingerprint density at radius 2 is 1.84 bits per heavy atom. The number of hydrogen-bond donors (Lipinski definition) is 2. The first-order valence-electron chi connectivity index (χ1n) is 10.3. The number of H-pyrrole nitrogens is 1. The van der Waals surface area contributed by atoms with Gasteiger partial charge in [-0.3, -0.25) is 9.89 Å². The topological polar surface area (TPSA) is 103 Å². The number of aromatic hydroxyl groups is 1. The molecule has 2 aromatic carbocycles. The molecule has 7 nitrogen and oxygen atoms in total. The molecule has 3 aromatic rings. The van der Waals surface area contributed by atoms with Crippen molar-refractivity contribution in [2.24, 2.45) is 0 Å². The molecule has 2 N–H and O–H groups in total. The Kier molecular flexibility index (Phi) is 4.63. The van der Waals surface area contributed by atoms with Crippen LogP contribution in [-0.2, 0) is 9.84 Å². The Labute approximate surface area is 184 Å². The number of phenols is 1. The molecule has 2 aliphatic rings. The number of hydrogen-bond acceptors (Lipinski definition) is 5. The zero-order chi connectivity index (χ0) is 22.8. The maximum Gasteiger partial charge on any atom is 0.273 e. The van der Waals surface area contributed by atoms with Crippen LogP contribution in [0, 0.1) is 19.7 Å². The predicted molar refractivity (Wildman–Crippen MR) is 117 cm³/mol. The van der Waals surface area contributed by atoms with Crippen molar-refractivity contribution >= 4 is 15.7 Å². The number of carbonyl (C=O) groups is 1. The molecular formula is C23H22FN3O4S. The Morgan fingerprint density at radius 3 is 2.50 bits per heavy atom. The number of fused-ring (bicyclic) bond motifs is 1. The van der Waals surface area contributed by atoms with Crippen molar-refractivity contribution in [3.63, 3.8) is 0 Å². The molecule has 1 fully saturated rings. The second kappa shape index (κ2) is 7.16.